The molecule has 3 rings (SSSR count). The van der Waals surface area contributed by atoms with Crippen molar-refractivity contribution in [3.05, 3.63) is 40.9 Å². The van der Waals surface area contributed by atoms with Crippen molar-refractivity contribution in [2.45, 2.75) is 31.7 Å². The number of anilines is 1. The smallest absolute Gasteiger partial charge is 0.248 e. The van der Waals surface area contributed by atoms with Gasteiger partial charge in [0.25, 0.3) is 0 Å². The van der Waals surface area contributed by atoms with E-state index >= 15 is 0 Å². The van der Waals surface area contributed by atoms with Crippen LogP contribution < -0.4 is 20.7 Å². The van der Waals surface area contributed by atoms with Crippen LogP contribution in [0.2, 0.25) is 0 Å². The number of methoxy groups -OCH3 is 1. The lowest BCUT2D eigenvalue weighted by Gasteiger charge is -2.09. The number of carbonyl (C=O) groups is 3. The molecular formula is C19H22N4O4S. The number of amides is 3. The van der Waals surface area contributed by atoms with E-state index in [1.807, 2.05) is 24.3 Å². The molecule has 148 valence electrons. The normalized spacial score (nSPS) is 15.8. The van der Waals surface area contributed by atoms with Crippen LogP contribution in [0.5, 0.6) is 5.75 Å². The van der Waals surface area contributed by atoms with Gasteiger partial charge >= 0.3 is 0 Å². The Morgan fingerprint density at radius 1 is 1.36 bits per heavy atom. The highest BCUT2D eigenvalue weighted by Gasteiger charge is 2.27. The lowest BCUT2D eigenvalue weighted by Crippen LogP contribution is -2.37. The molecule has 0 radical (unpaired) electrons. The highest BCUT2D eigenvalue weighted by atomic mass is 32.1. The molecule has 28 heavy (non-hydrogen) atoms. The summed E-state index contributed by atoms with van der Waals surface area (Å²) in [6.45, 7) is 0.494. The van der Waals surface area contributed by atoms with Crippen molar-refractivity contribution in [2.24, 2.45) is 0 Å². The summed E-state index contributed by atoms with van der Waals surface area (Å²) in [5, 5.41) is 10.3. The van der Waals surface area contributed by atoms with Gasteiger partial charge in [0, 0.05) is 18.3 Å². The van der Waals surface area contributed by atoms with E-state index < -0.39 is 6.04 Å². The minimum atomic E-state index is -0.516. The number of nitrogens with one attached hydrogen (secondary N) is 3. The van der Waals surface area contributed by atoms with E-state index in [4.69, 9.17) is 4.74 Å². The molecule has 0 aliphatic carbocycles. The Bertz CT molecular complexity index is 867. The SMILES string of the molecule is COc1ccccc1CCNC(=O)Cc1csc(NC(=O)[C@@H]2CCC(=O)N2)n1. The number of benzene rings is 1. The molecule has 3 amide bonds. The first-order valence-corrected chi connectivity index (χ1v) is 9.86. The summed E-state index contributed by atoms with van der Waals surface area (Å²) in [6.07, 6.45) is 1.65. The topological polar surface area (TPSA) is 109 Å². The minimum absolute atomic E-state index is 0.121. The lowest BCUT2D eigenvalue weighted by molar-refractivity contribution is -0.122. The van der Waals surface area contributed by atoms with Gasteiger partial charge in [-0.1, -0.05) is 18.2 Å². The lowest BCUT2D eigenvalue weighted by atomic mass is 10.1. The molecule has 0 saturated carbocycles. The van der Waals surface area contributed by atoms with Crippen molar-refractivity contribution in [2.75, 3.05) is 19.0 Å². The van der Waals surface area contributed by atoms with Gasteiger partial charge in [-0.25, -0.2) is 4.98 Å². The molecule has 0 spiro atoms. The van der Waals surface area contributed by atoms with Crippen molar-refractivity contribution in [1.29, 1.82) is 0 Å². The van der Waals surface area contributed by atoms with Crippen molar-refractivity contribution >= 4 is 34.2 Å². The van der Waals surface area contributed by atoms with Crippen LogP contribution in [-0.4, -0.2) is 42.4 Å². The number of carbonyl (C=O) groups excluding carboxylic acids is 3. The van der Waals surface area contributed by atoms with E-state index in [0.29, 0.717) is 36.6 Å². The first kappa shape index (κ1) is 19.8. The second-order valence-corrected chi connectivity index (χ2v) is 7.24. The highest BCUT2D eigenvalue weighted by molar-refractivity contribution is 7.13. The number of rotatable bonds is 8. The van der Waals surface area contributed by atoms with Gasteiger partial charge in [0.05, 0.1) is 19.2 Å². The Morgan fingerprint density at radius 2 is 2.18 bits per heavy atom. The number of nitrogens with zero attached hydrogens (tertiary/aromatic N) is 1. The maximum absolute atomic E-state index is 12.1. The van der Waals surface area contributed by atoms with Crippen LogP contribution in [-0.2, 0) is 27.2 Å². The number of para-hydroxylation sites is 1. The predicted molar refractivity (Wildman–Crippen MR) is 105 cm³/mol. The van der Waals surface area contributed by atoms with Gasteiger partial charge in [0.2, 0.25) is 17.7 Å². The molecule has 1 aromatic heterocycles. The molecule has 2 aromatic rings. The van der Waals surface area contributed by atoms with Crippen LogP contribution >= 0.6 is 11.3 Å². The third-order valence-corrected chi connectivity index (χ3v) is 5.15. The Kier molecular flexibility index (Phi) is 6.59. The molecule has 8 nitrogen and oxygen atoms in total. The van der Waals surface area contributed by atoms with Crippen LogP contribution in [0.15, 0.2) is 29.6 Å². The summed E-state index contributed by atoms with van der Waals surface area (Å²) in [6, 6.07) is 7.17. The number of ether oxygens (including phenoxy) is 1. The first-order chi connectivity index (χ1) is 13.5. The van der Waals surface area contributed by atoms with Crippen LogP contribution in [0.1, 0.15) is 24.1 Å². The van der Waals surface area contributed by atoms with Crippen LogP contribution in [0.3, 0.4) is 0 Å². The number of hydrogen-bond donors (Lipinski definition) is 3. The summed E-state index contributed by atoms with van der Waals surface area (Å²) in [4.78, 5) is 39.7. The molecule has 3 N–H and O–H groups in total. The Balaban J connectivity index is 1.43. The van der Waals surface area contributed by atoms with Crippen LogP contribution in [0.25, 0.3) is 0 Å². The highest BCUT2D eigenvalue weighted by Crippen LogP contribution is 2.18. The fraction of sp³-hybridized carbons (Fsp3) is 0.368. The van der Waals surface area contributed by atoms with Crippen molar-refractivity contribution in [1.82, 2.24) is 15.6 Å². The van der Waals surface area contributed by atoms with Gasteiger partial charge in [0.1, 0.15) is 11.8 Å². The predicted octanol–water partition coefficient (Wildman–Crippen LogP) is 1.27. The zero-order valence-electron chi connectivity index (χ0n) is 15.5. The Hall–Kier alpha value is -2.94. The fourth-order valence-corrected chi connectivity index (χ4v) is 3.64. The zero-order valence-corrected chi connectivity index (χ0v) is 16.3. The molecule has 1 fully saturated rings. The quantitative estimate of drug-likeness (QED) is 0.616. The van der Waals surface area contributed by atoms with Gasteiger partial charge in [-0.2, -0.15) is 0 Å². The molecule has 1 saturated heterocycles. The zero-order chi connectivity index (χ0) is 19.9. The molecule has 1 aliphatic rings. The van der Waals surface area contributed by atoms with Crippen LogP contribution in [0.4, 0.5) is 5.13 Å². The molecule has 1 aliphatic heterocycles. The van der Waals surface area contributed by atoms with E-state index in [2.05, 4.69) is 20.9 Å². The Labute approximate surface area is 166 Å². The third kappa shape index (κ3) is 5.29. The van der Waals surface area contributed by atoms with E-state index in [1.54, 1.807) is 12.5 Å². The van der Waals surface area contributed by atoms with Gasteiger partial charge in [-0.3, -0.25) is 14.4 Å². The number of thiazole rings is 1. The summed E-state index contributed by atoms with van der Waals surface area (Å²) in [5.41, 5.74) is 1.62. The maximum Gasteiger partial charge on any atom is 0.248 e. The number of aromatic nitrogens is 1. The van der Waals surface area contributed by atoms with Crippen molar-refractivity contribution in [3.8, 4) is 5.75 Å². The van der Waals surface area contributed by atoms with Gasteiger partial charge in [-0.05, 0) is 24.5 Å². The second-order valence-electron chi connectivity index (χ2n) is 6.38. The monoisotopic (exact) mass is 402 g/mol. The second kappa shape index (κ2) is 9.32. The fourth-order valence-electron chi connectivity index (χ4n) is 2.92. The Morgan fingerprint density at radius 3 is 2.93 bits per heavy atom. The summed E-state index contributed by atoms with van der Waals surface area (Å²) in [7, 11) is 1.62. The molecular weight excluding hydrogens is 380 g/mol. The van der Waals surface area contributed by atoms with Gasteiger partial charge < -0.3 is 20.7 Å². The van der Waals surface area contributed by atoms with Crippen molar-refractivity contribution < 1.29 is 19.1 Å². The molecule has 0 bridgehead atoms. The van der Waals surface area contributed by atoms with E-state index in [1.165, 1.54) is 11.3 Å². The van der Waals surface area contributed by atoms with E-state index in [0.717, 1.165) is 11.3 Å². The van der Waals surface area contributed by atoms with Gasteiger partial charge in [-0.15, -0.1) is 11.3 Å². The molecule has 2 heterocycles. The minimum Gasteiger partial charge on any atom is -0.496 e. The standard InChI is InChI=1S/C19H22N4O4S/c1-27-15-5-3-2-4-12(15)8-9-20-17(25)10-13-11-28-19(21-13)23-18(26)14-6-7-16(24)22-14/h2-5,11,14H,6-10H2,1H3,(H,20,25)(H,22,24)(H,21,23,26)/t14-/m0/s1. The number of hydrogen-bond acceptors (Lipinski definition) is 6. The molecule has 1 atom stereocenters. The molecule has 1 aromatic carbocycles. The molecule has 0 unspecified atom stereocenters. The van der Waals surface area contributed by atoms with Crippen LogP contribution in [0, 0.1) is 0 Å². The summed E-state index contributed by atoms with van der Waals surface area (Å²) >= 11 is 1.25. The van der Waals surface area contributed by atoms with E-state index in [-0.39, 0.29) is 24.1 Å². The third-order valence-electron chi connectivity index (χ3n) is 4.34. The average molecular weight is 402 g/mol. The largest absolute Gasteiger partial charge is 0.496 e. The molecule has 9 heteroatoms. The first-order valence-electron chi connectivity index (χ1n) is 8.98. The van der Waals surface area contributed by atoms with Crippen molar-refractivity contribution in [3.63, 3.8) is 0 Å². The van der Waals surface area contributed by atoms with E-state index in [9.17, 15) is 14.4 Å². The summed E-state index contributed by atoms with van der Waals surface area (Å²) in [5.74, 6) is 0.258. The van der Waals surface area contributed by atoms with Gasteiger partial charge in [0.15, 0.2) is 5.13 Å². The average Bonchev–Trinajstić information content (AvgIpc) is 3.31. The summed E-state index contributed by atoms with van der Waals surface area (Å²) < 4.78 is 5.30. The maximum atomic E-state index is 12.1.